The summed E-state index contributed by atoms with van der Waals surface area (Å²) in [6.07, 6.45) is 2.51. The van der Waals surface area contributed by atoms with E-state index in [1.165, 1.54) is 18.2 Å². The van der Waals surface area contributed by atoms with Crippen LogP contribution in [0.1, 0.15) is 51.4 Å². The summed E-state index contributed by atoms with van der Waals surface area (Å²) in [5.74, 6) is 0.803. The van der Waals surface area contributed by atoms with Crippen molar-refractivity contribution in [2.24, 2.45) is 5.92 Å². The number of hydrogen-bond acceptors (Lipinski definition) is 9. The van der Waals surface area contributed by atoms with Gasteiger partial charge in [-0.2, -0.15) is 8.42 Å². The van der Waals surface area contributed by atoms with Crippen LogP contribution in [0.4, 0.5) is 11.6 Å². The quantitative estimate of drug-likeness (QED) is 0.474. The van der Waals surface area contributed by atoms with Crippen LogP contribution in [-0.2, 0) is 10.0 Å². The van der Waals surface area contributed by atoms with E-state index in [0.29, 0.717) is 28.9 Å². The number of nitrogens with two attached hydrogens (primary N) is 1. The molecule has 0 aromatic carbocycles. The zero-order chi connectivity index (χ0) is 27.0. The molecule has 1 aliphatic heterocycles. The predicted molar refractivity (Wildman–Crippen MR) is 142 cm³/mol. The zero-order valence-electron chi connectivity index (χ0n) is 21.6. The van der Waals surface area contributed by atoms with Crippen LogP contribution in [0, 0.1) is 5.92 Å². The van der Waals surface area contributed by atoms with E-state index >= 15 is 0 Å². The van der Waals surface area contributed by atoms with E-state index in [9.17, 15) is 13.2 Å². The molecule has 196 valence electrons. The van der Waals surface area contributed by atoms with Crippen molar-refractivity contribution in [3.05, 3.63) is 54.2 Å². The molecular weight excluding hydrogens is 492 g/mol. The molecular formula is C26H32N6O4S. The minimum Gasteiger partial charge on any atom is -0.475 e. The van der Waals surface area contributed by atoms with Crippen LogP contribution in [0.15, 0.2) is 53.7 Å². The Balaban J connectivity index is 1.75. The molecule has 3 aromatic heterocycles. The summed E-state index contributed by atoms with van der Waals surface area (Å²) in [4.78, 5) is 28.5. The summed E-state index contributed by atoms with van der Waals surface area (Å²) in [5, 5.41) is -0.350. The third-order valence-corrected chi connectivity index (χ3v) is 7.32. The summed E-state index contributed by atoms with van der Waals surface area (Å²) in [7, 11) is -4.27. The van der Waals surface area contributed by atoms with Crippen molar-refractivity contribution in [3.63, 3.8) is 0 Å². The molecule has 11 heteroatoms. The van der Waals surface area contributed by atoms with Crippen LogP contribution in [-0.4, -0.2) is 47.5 Å². The summed E-state index contributed by atoms with van der Waals surface area (Å²) in [6.45, 7) is 11.1. The molecule has 0 bridgehead atoms. The molecule has 0 saturated carbocycles. The number of sulfonamides is 1. The lowest BCUT2D eigenvalue weighted by molar-refractivity contribution is 0.0981. The first-order valence-electron chi connectivity index (χ1n) is 12.1. The number of amides is 1. The molecule has 3 aromatic rings. The van der Waals surface area contributed by atoms with E-state index in [1.807, 2.05) is 13.8 Å². The van der Waals surface area contributed by atoms with E-state index in [2.05, 4.69) is 40.4 Å². The van der Waals surface area contributed by atoms with Gasteiger partial charge in [0.25, 0.3) is 15.9 Å². The molecule has 1 aliphatic rings. The van der Waals surface area contributed by atoms with E-state index < -0.39 is 15.9 Å². The monoisotopic (exact) mass is 524 g/mol. The highest BCUT2D eigenvalue weighted by Gasteiger charge is 2.37. The second-order valence-corrected chi connectivity index (χ2v) is 11.8. The first-order valence-corrected chi connectivity index (χ1v) is 13.6. The van der Waals surface area contributed by atoms with Gasteiger partial charge in [-0.25, -0.2) is 19.7 Å². The van der Waals surface area contributed by atoms with Gasteiger partial charge in [0.2, 0.25) is 5.88 Å². The Bertz CT molecular complexity index is 1410. The average Bonchev–Trinajstić information content (AvgIpc) is 3.10. The number of nitrogens with one attached hydrogen (secondary N) is 1. The zero-order valence-corrected chi connectivity index (χ0v) is 22.4. The molecule has 4 rings (SSSR count). The number of carbonyl (C=O) groups is 1. The number of ether oxygens (including phenoxy) is 1. The van der Waals surface area contributed by atoms with Crippen LogP contribution in [0.25, 0.3) is 11.3 Å². The smallest absolute Gasteiger partial charge is 0.281 e. The number of nitrogen functional groups attached to an aromatic ring is 1. The maximum atomic E-state index is 13.3. The van der Waals surface area contributed by atoms with E-state index in [1.54, 1.807) is 30.5 Å². The maximum Gasteiger partial charge on any atom is 0.281 e. The van der Waals surface area contributed by atoms with Crippen molar-refractivity contribution in [1.82, 2.24) is 19.7 Å². The molecule has 4 heterocycles. The fraction of sp³-hybridized carbons (Fsp3) is 0.385. The van der Waals surface area contributed by atoms with Crippen LogP contribution in [0.5, 0.6) is 5.88 Å². The van der Waals surface area contributed by atoms with Gasteiger partial charge in [0.05, 0.1) is 17.4 Å². The second-order valence-electron chi connectivity index (χ2n) is 10.2. The fourth-order valence-corrected chi connectivity index (χ4v) is 5.58. The molecule has 0 spiro atoms. The molecule has 37 heavy (non-hydrogen) atoms. The molecule has 1 fully saturated rings. The molecule has 3 N–H and O–H groups in total. The number of aromatic nitrogens is 3. The van der Waals surface area contributed by atoms with Gasteiger partial charge in [0.15, 0.2) is 5.03 Å². The Labute approximate surface area is 217 Å². The third-order valence-electron chi connectivity index (χ3n) is 6.09. The van der Waals surface area contributed by atoms with Gasteiger partial charge in [0, 0.05) is 29.9 Å². The minimum absolute atomic E-state index is 0.0271. The Hall–Kier alpha value is -3.73. The first kappa shape index (κ1) is 26.3. The SMILES string of the molecule is CC(C)Oc1ccc(-c2nc(N3C[C@H](C)CC3(C)C)ccc2C(=O)NS(=O)(=O)c2cccc(N)n2)cn1. The molecule has 1 amide bonds. The number of nitrogens with zero attached hydrogens (tertiary/aromatic N) is 4. The topological polar surface area (TPSA) is 140 Å². The van der Waals surface area contributed by atoms with Crippen LogP contribution in [0.3, 0.4) is 0 Å². The van der Waals surface area contributed by atoms with Gasteiger partial charge in [-0.05, 0) is 70.4 Å². The van der Waals surface area contributed by atoms with Gasteiger partial charge in [-0.1, -0.05) is 13.0 Å². The lowest BCUT2D eigenvalue weighted by atomic mass is 9.97. The highest BCUT2D eigenvalue weighted by Crippen LogP contribution is 2.37. The lowest BCUT2D eigenvalue weighted by Crippen LogP contribution is -2.39. The van der Waals surface area contributed by atoms with E-state index in [-0.39, 0.29) is 28.1 Å². The number of anilines is 2. The highest BCUT2D eigenvalue weighted by atomic mass is 32.2. The van der Waals surface area contributed by atoms with Crippen molar-refractivity contribution in [3.8, 4) is 17.1 Å². The number of rotatable bonds is 7. The molecule has 0 aliphatic carbocycles. The predicted octanol–water partition coefficient (Wildman–Crippen LogP) is 3.65. The van der Waals surface area contributed by atoms with Crippen molar-refractivity contribution in [2.45, 2.75) is 57.7 Å². The van der Waals surface area contributed by atoms with E-state index in [4.69, 9.17) is 15.5 Å². The van der Waals surface area contributed by atoms with Crippen molar-refractivity contribution in [2.75, 3.05) is 17.2 Å². The van der Waals surface area contributed by atoms with Gasteiger partial charge in [-0.15, -0.1) is 0 Å². The summed E-state index contributed by atoms with van der Waals surface area (Å²) >= 11 is 0. The van der Waals surface area contributed by atoms with Crippen molar-refractivity contribution < 1.29 is 17.9 Å². The number of carbonyl (C=O) groups excluding carboxylic acids is 1. The van der Waals surface area contributed by atoms with Crippen LogP contribution < -0.4 is 20.1 Å². The second kappa shape index (κ2) is 9.97. The van der Waals surface area contributed by atoms with E-state index in [0.717, 1.165) is 13.0 Å². The minimum atomic E-state index is -4.27. The normalized spacial score (nSPS) is 17.1. The Morgan fingerprint density at radius 1 is 1.16 bits per heavy atom. The molecule has 10 nitrogen and oxygen atoms in total. The first-order chi connectivity index (χ1) is 17.4. The fourth-order valence-electron chi connectivity index (χ4n) is 4.63. The van der Waals surface area contributed by atoms with Gasteiger partial charge >= 0.3 is 0 Å². The third kappa shape index (κ3) is 5.82. The van der Waals surface area contributed by atoms with Crippen LogP contribution in [0.2, 0.25) is 0 Å². The molecule has 1 saturated heterocycles. The standard InChI is InChI=1S/C26H32N6O4S/c1-16(2)36-22-12-9-18(14-28-22)24-19(10-11-21(30-24)32-15-17(3)13-26(32,4)5)25(33)31-37(34,35)23-8-6-7-20(27)29-23/h6-12,14,16-17H,13,15H2,1-5H3,(H2,27,29)(H,31,33)/t17-/m1/s1. The average molecular weight is 525 g/mol. The lowest BCUT2D eigenvalue weighted by Gasteiger charge is -2.33. The molecule has 0 unspecified atom stereocenters. The largest absolute Gasteiger partial charge is 0.475 e. The van der Waals surface area contributed by atoms with Crippen LogP contribution >= 0.6 is 0 Å². The Morgan fingerprint density at radius 2 is 1.92 bits per heavy atom. The molecule has 0 radical (unpaired) electrons. The summed E-state index contributed by atoms with van der Waals surface area (Å²) < 4.78 is 33.4. The van der Waals surface area contributed by atoms with Crippen molar-refractivity contribution in [1.29, 1.82) is 0 Å². The van der Waals surface area contributed by atoms with Gasteiger partial charge < -0.3 is 15.4 Å². The number of hydrogen-bond donors (Lipinski definition) is 2. The Kier molecular flexibility index (Phi) is 7.09. The van der Waals surface area contributed by atoms with Gasteiger partial charge in [0.1, 0.15) is 11.6 Å². The van der Waals surface area contributed by atoms with Crippen molar-refractivity contribution >= 4 is 27.6 Å². The summed E-state index contributed by atoms with van der Waals surface area (Å²) in [5.41, 5.74) is 6.45. The summed E-state index contributed by atoms with van der Waals surface area (Å²) in [6, 6.07) is 11.0. The maximum absolute atomic E-state index is 13.3. The number of pyridine rings is 3. The highest BCUT2D eigenvalue weighted by molar-refractivity contribution is 7.90. The Morgan fingerprint density at radius 3 is 2.51 bits per heavy atom. The van der Waals surface area contributed by atoms with Gasteiger partial charge in [-0.3, -0.25) is 4.79 Å². The molecule has 1 atom stereocenters.